The number of hydrogen-bond acceptors (Lipinski definition) is 6. The maximum atomic E-state index is 9.64. The van der Waals surface area contributed by atoms with Crippen LogP contribution >= 0.6 is 44.1 Å². The van der Waals surface area contributed by atoms with Crippen LogP contribution in [-0.2, 0) is 6.54 Å². The molecule has 0 fully saturated rings. The molecule has 5 N–H and O–H groups in total. The van der Waals surface area contributed by atoms with Crippen molar-refractivity contribution in [2.45, 2.75) is 6.54 Å². The maximum absolute atomic E-state index is 9.64. The van der Waals surface area contributed by atoms with Crippen LogP contribution in [-0.4, -0.2) is 25.4 Å². The molecule has 0 saturated heterocycles. The number of benzene rings is 2. The number of halogens is 2. The molecule has 6 nitrogen and oxygen atoms in total. The van der Waals surface area contributed by atoms with Crippen LogP contribution in [0.15, 0.2) is 38.8 Å². The monoisotopic (exact) mass is 498 g/mol. The number of rotatable bonds is 4. The molecule has 9 heteroatoms. The second kappa shape index (κ2) is 8.40. The first-order chi connectivity index (χ1) is 12.2. The van der Waals surface area contributed by atoms with E-state index in [4.69, 9.17) is 12.2 Å². The minimum absolute atomic E-state index is 0.152. The molecule has 0 atom stereocenters. The Morgan fingerprint density at radius 2 is 1.62 bits per heavy atom. The number of nitrogens with one attached hydrogen (secondary N) is 1. The maximum Gasteiger partial charge on any atom is 0.171 e. The molecule has 0 radical (unpaired) electrons. The van der Waals surface area contributed by atoms with Crippen LogP contribution in [0, 0.1) is 11.3 Å². The van der Waals surface area contributed by atoms with Crippen LogP contribution < -0.4 is 5.32 Å². The van der Waals surface area contributed by atoms with Gasteiger partial charge in [0.05, 0.1) is 14.5 Å². The molecule has 0 aliphatic rings. The zero-order valence-corrected chi connectivity index (χ0v) is 17.0. The van der Waals surface area contributed by atoms with Gasteiger partial charge in [-0.25, -0.2) is 0 Å². The Kier molecular flexibility index (Phi) is 6.47. The topological polar surface area (TPSA) is 117 Å². The van der Waals surface area contributed by atoms with Gasteiger partial charge in [-0.05, 0) is 73.3 Å². The number of nitriles is 1. The number of phenols is 4. The third kappa shape index (κ3) is 4.66. The summed E-state index contributed by atoms with van der Waals surface area (Å²) >= 11 is 11.4. The lowest BCUT2D eigenvalue weighted by Gasteiger charge is -2.10. The molecule has 0 unspecified atom stereocenters. The number of thiocarbonyl (C=S) groups is 1. The molecule has 2 rings (SSSR count). The van der Waals surface area contributed by atoms with E-state index >= 15 is 0 Å². The summed E-state index contributed by atoms with van der Waals surface area (Å²) in [5, 5.41) is 50.5. The standard InChI is InChI=1S/C17H12Br2N2O4S/c18-11-2-8(4-13(22)15(11)24)1-10(6-20)17(26)21-7-9-3-12(19)16(25)14(23)5-9/h1-5,22-25H,7H2,(H,21,26)/b10-1+. The Morgan fingerprint density at radius 1 is 1.04 bits per heavy atom. The fraction of sp³-hybridized carbons (Fsp3) is 0.0588. The number of hydrogen-bond donors (Lipinski definition) is 5. The number of aromatic hydroxyl groups is 4. The van der Waals surface area contributed by atoms with Crippen LogP contribution in [0.25, 0.3) is 6.08 Å². The van der Waals surface area contributed by atoms with Gasteiger partial charge in [0.1, 0.15) is 11.1 Å². The summed E-state index contributed by atoms with van der Waals surface area (Å²) < 4.78 is 0.616. The summed E-state index contributed by atoms with van der Waals surface area (Å²) in [6.07, 6.45) is 1.46. The number of phenolic OH excluding ortho intramolecular Hbond substituents is 4. The van der Waals surface area contributed by atoms with E-state index in [0.29, 0.717) is 15.6 Å². The highest BCUT2D eigenvalue weighted by molar-refractivity contribution is 9.10. The molecule has 0 aromatic heterocycles. The molecule has 0 saturated carbocycles. The van der Waals surface area contributed by atoms with Gasteiger partial charge in [-0.3, -0.25) is 0 Å². The molecule has 0 spiro atoms. The highest BCUT2D eigenvalue weighted by Crippen LogP contribution is 2.35. The predicted molar refractivity (Wildman–Crippen MR) is 108 cm³/mol. The minimum atomic E-state index is -0.328. The van der Waals surface area contributed by atoms with Crippen molar-refractivity contribution < 1.29 is 20.4 Å². The van der Waals surface area contributed by atoms with Gasteiger partial charge < -0.3 is 25.7 Å². The second-order valence-corrected chi connectivity index (χ2v) is 7.29. The third-order valence-electron chi connectivity index (χ3n) is 3.30. The van der Waals surface area contributed by atoms with Crippen molar-refractivity contribution in [3.05, 3.63) is 49.9 Å². The summed E-state index contributed by atoms with van der Waals surface area (Å²) in [7, 11) is 0. The van der Waals surface area contributed by atoms with E-state index in [1.807, 2.05) is 6.07 Å². The first-order valence-electron chi connectivity index (χ1n) is 7.04. The third-order valence-corrected chi connectivity index (χ3v) is 4.87. The van der Waals surface area contributed by atoms with Crippen LogP contribution in [0.1, 0.15) is 11.1 Å². The smallest absolute Gasteiger partial charge is 0.171 e. The predicted octanol–water partition coefficient (Wildman–Crippen LogP) is 4.06. The molecule has 0 heterocycles. The normalized spacial score (nSPS) is 11.0. The van der Waals surface area contributed by atoms with E-state index in [1.165, 1.54) is 24.3 Å². The van der Waals surface area contributed by atoms with Crippen LogP contribution in [0.5, 0.6) is 23.0 Å². The first kappa shape index (κ1) is 20.0. The van der Waals surface area contributed by atoms with Gasteiger partial charge in [0.15, 0.2) is 23.0 Å². The molecule has 2 aromatic rings. The Balaban J connectivity index is 2.18. The average Bonchev–Trinajstić information content (AvgIpc) is 2.59. The van der Waals surface area contributed by atoms with Gasteiger partial charge in [0.25, 0.3) is 0 Å². The van der Waals surface area contributed by atoms with Crippen molar-refractivity contribution in [1.29, 1.82) is 5.26 Å². The molecular weight excluding hydrogens is 488 g/mol. The minimum Gasteiger partial charge on any atom is -0.504 e. The largest absolute Gasteiger partial charge is 0.504 e. The Labute approximate surface area is 171 Å². The van der Waals surface area contributed by atoms with Crippen molar-refractivity contribution in [3.8, 4) is 29.1 Å². The van der Waals surface area contributed by atoms with Gasteiger partial charge in [0, 0.05) is 6.54 Å². The van der Waals surface area contributed by atoms with E-state index in [1.54, 1.807) is 6.07 Å². The molecule has 0 aliphatic carbocycles. The molecule has 2 aromatic carbocycles. The fourth-order valence-electron chi connectivity index (χ4n) is 2.02. The summed E-state index contributed by atoms with van der Waals surface area (Å²) in [4.78, 5) is 0.167. The average molecular weight is 500 g/mol. The number of nitrogens with zero attached hydrogens (tertiary/aromatic N) is 1. The summed E-state index contributed by atoms with van der Waals surface area (Å²) in [6, 6.07) is 7.79. The lowest BCUT2D eigenvalue weighted by atomic mass is 10.1. The van der Waals surface area contributed by atoms with Gasteiger partial charge in [0.2, 0.25) is 0 Å². The zero-order chi connectivity index (χ0) is 19.4. The Morgan fingerprint density at radius 3 is 2.15 bits per heavy atom. The second-order valence-electron chi connectivity index (χ2n) is 5.17. The quantitative estimate of drug-likeness (QED) is 0.186. The Hall–Kier alpha value is -2.28. The summed E-state index contributed by atoms with van der Waals surface area (Å²) in [5.74, 6) is -1.15. The van der Waals surface area contributed by atoms with E-state index in [2.05, 4.69) is 37.2 Å². The lowest BCUT2D eigenvalue weighted by Crippen LogP contribution is -2.22. The fourth-order valence-corrected chi connectivity index (χ4v) is 3.16. The first-order valence-corrected chi connectivity index (χ1v) is 9.04. The lowest BCUT2D eigenvalue weighted by molar-refractivity contribution is 0.401. The van der Waals surface area contributed by atoms with E-state index in [0.717, 1.165) is 0 Å². The molecule has 0 aliphatic heterocycles. The highest BCUT2D eigenvalue weighted by atomic mass is 79.9. The molecule has 134 valence electrons. The Bertz CT molecular complexity index is 908. The van der Waals surface area contributed by atoms with Crippen molar-refractivity contribution in [2.24, 2.45) is 0 Å². The molecule has 26 heavy (non-hydrogen) atoms. The zero-order valence-electron chi connectivity index (χ0n) is 13.0. The van der Waals surface area contributed by atoms with E-state index in [9.17, 15) is 25.7 Å². The SMILES string of the molecule is N#C/C(=C\c1cc(O)c(O)c(Br)c1)C(=S)NCc1cc(O)c(O)c(Br)c1. The van der Waals surface area contributed by atoms with Gasteiger partial charge in [-0.15, -0.1) is 0 Å². The van der Waals surface area contributed by atoms with Crippen molar-refractivity contribution in [2.75, 3.05) is 0 Å². The van der Waals surface area contributed by atoms with Crippen LogP contribution in [0.3, 0.4) is 0 Å². The molecule has 0 amide bonds. The molecule has 0 bridgehead atoms. The highest BCUT2D eigenvalue weighted by Gasteiger charge is 2.11. The van der Waals surface area contributed by atoms with Crippen molar-refractivity contribution in [3.63, 3.8) is 0 Å². The van der Waals surface area contributed by atoms with Gasteiger partial charge in [-0.2, -0.15) is 5.26 Å². The van der Waals surface area contributed by atoms with Gasteiger partial charge in [-0.1, -0.05) is 12.2 Å². The molecular formula is C17H12Br2N2O4S. The van der Waals surface area contributed by atoms with E-state index in [-0.39, 0.29) is 44.6 Å². The van der Waals surface area contributed by atoms with Crippen LogP contribution in [0.4, 0.5) is 0 Å². The van der Waals surface area contributed by atoms with Crippen molar-refractivity contribution >= 4 is 55.1 Å². The van der Waals surface area contributed by atoms with E-state index < -0.39 is 0 Å². The van der Waals surface area contributed by atoms with Crippen LogP contribution in [0.2, 0.25) is 0 Å². The summed E-state index contributed by atoms with van der Waals surface area (Å²) in [5.41, 5.74) is 1.26. The summed E-state index contributed by atoms with van der Waals surface area (Å²) in [6.45, 7) is 0.217. The van der Waals surface area contributed by atoms with Crippen molar-refractivity contribution in [1.82, 2.24) is 5.32 Å². The van der Waals surface area contributed by atoms with Gasteiger partial charge >= 0.3 is 0 Å².